The number of piperidine rings is 1. The largest absolute Gasteiger partial charge is 0.512 e. The van der Waals surface area contributed by atoms with Gasteiger partial charge in [0.1, 0.15) is 0 Å². The fourth-order valence-electron chi connectivity index (χ4n) is 1.98. The van der Waals surface area contributed by atoms with E-state index in [-0.39, 0.29) is 0 Å². The van der Waals surface area contributed by atoms with E-state index < -0.39 is 0 Å². The Kier molecular flexibility index (Phi) is 6.79. The van der Waals surface area contributed by atoms with Crippen LogP contribution in [0.3, 0.4) is 0 Å². The van der Waals surface area contributed by atoms with Gasteiger partial charge < -0.3 is 16.7 Å². The monoisotopic (exact) mass is 168 g/mol. The Labute approximate surface area is 76.2 Å². The van der Waals surface area contributed by atoms with Gasteiger partial charge in [0.25, 0.3) is 0 Å². The second-order valence-corrected chi connectivity index (χ2v) is 3.70. The third-order valence-electron chi connectivity index (χ3n) is 2.47. The summed E-state index contributed by atoms with van der Waals surface area (Å²) in [6.07, 6.45) is 4.27. The van der Waals surface area contributed by atoms with Crippen LogP contribution in [0, 0.1) is 17.8 Å². The predicted molar refractivity (Wildman–Crippen MR) is 49.2 cm³/mol. The molecule has 0 radical (unpaired) electrons. The van der Waals surface area contributed by atoms with Crippen LogP contribution < -0.4 is 4.90 Å². The maximum Gasteiger partial charge on any atom is 0.0796 e. The van der Waals surface area contributed by atoms with Crippen molar-refractivity contribution in [2.24, 2.45) is 5.92 Å². The molecule has 0 aromatic rings. The maximum atomic E-state index is 6.25. The van der Waals surface area contributed by atoms with E-state index in [0.717, 1.165) is 5.92 Å². The highest BCUT2D eigenvalue weighted by molar-refractivity contribution is 4.54. The average Bonchev–Trinajstić information content (AvgIpc) is 2.09. The summed E-state index contributed by atoms with van der Waals surface area (Å²) in [7, 11) is 0. The van der Waals surface area contributed by atoms with Crippen LogP contribution in [0.25, 0.3) is 0 Å². The van der Waals surface area contributed by atoms with Crippen LogP contribution in [0.4, 0.5) is 0 Å². The van der Waals surface area contributed by atoms with Crippen LogP contribution in [0.1, 0.15) is 33.1 Å². The van der Waals surface area contributed by atoms with E-state index in [0.29, 0.717) is 0 Å². The molecule has 1 N–H and O–H groups in total. The molecule has 70 valence electrons. The fourth-order valence-corrected chi connectivity index (χ4v) is 1.98. The number of hydrogen-bond acceptors (Lipinski definition) is 1. The Morgan fingerprint density at radius 3 is 2.67 bits per heavy atom. The van der Waals surface area contributed by atoms with Crippen molar-refractivity contribution >= 4 is 0 Å². The molecule has 1 aliphatic rings. The molecule has 1 heterocycles. The van der Waals surface area contributed by atoms with E-state index in [4.69, 9.17) is 11.8 Å². The minimum absolute atomic E-state index is 0.982. The smallest absolute Gasteiger partial charge is 0.0796 e. The Morgan fingerprint density at radius 2 is 2.17 bits per heavy atom. The normalized spacial score (nSPS) is 28.7. The molecule has 2 atom stereocenters. The van der Waals surface area contributed by atoms with Crippen LogP contribution in [0.15, 0.2) is 0 Å². The third kappa shape index (κ3) is 4.35. The standard InChI is InChI=1S/C9H19N.CN/c1-3-6-10-7-4-5-9(2)8-10;1-2/h9H,3-8H2,1-2H3;/q;-1/p+1. The van der Waals surface area contributed by atoms with Gasteiger partial charge in [-0.2, -0.15) is 0 Å². The maximum absolute atomic E-state index is 6.25. The minimum atomic E-state index is 0.982. The molecule has 0 saturated carbocycles. The Morgan fingerprint density at radius 1 is 1.50 bits per heavy atom. The highest BCUT2D eigenvalue weighted by Gasteiger charge is 2.17. The Bertz CT molecular complexity index is 118. The quantitative estimate of drug-likeness (QED) is 0.607. The highest BCUT2D eigenvalue weighted by Crippen LogP contribution is 2.04. The molecule has 0 aliphatic carbocycles. The summed E-state index contributed by atoms with van der Waals surface area (Å²) in [4.78, 5) is 1.83. The second-order valence-electron chi connectivity index (χ2n) is 3.70. The first-order valence-electron chi connectivity index (χ1n) is 4.89. The molecule has 12 heavy (non-hydrogen) atoms. The lowest BCUT2D eigenvalue weighted by Crippen LogP contribution is -3.13. The van der Waals surface area contributed by atoms with Gasteiger partial charge in [-0.05, 0) is 19.3 Å². The zero-order valence-electron chi connectivity index (χ0n) is 8.27. The molecule has 1 fully saturated rings. The van der Waals surface area contributed by atoms with Gasteiger partial charge in [-0.25, -0.2) is 0 Å². The van der Waals surface area contributed by atoms with Crippen LogP contribution in [0.2, 0.25) is 0 Å². The van der Waals surface area contributed by atoms with Gasteiger partial charge in [0, 0.05) is 5.92 Å². The van der Waals surface area contributed by atoms with Gasteiger partial charge in [0.15, 0.2) is 0 Å². The van der Waals surface area contributed by atoms with Crippen LogP contribution in [0.5, 0.6) is 0 Å². The van der Waals surface area contributed by atoms with Gasteiger partial charge >= 0.3 is 0 Å². The molecule has 2 unspecified atom stereocenters. The highest BCUT2D eigenvalue weighted by atomic mass is 15.1. The van der Waals surface area contributed by atoms with Crippen molar-refractivity contribution in [3.05, 3.63) is 6.57 Å². The number of rotatable bonds is 2. The average molecular weight is 168 g/mol. The molecular formula is C10H20N2. The number of hydrogen-bond donors (Lipinski definition) is 1. The summed E-state index contributed by atoms with van der Waals surface area (Å²) in [6.45, 7) is 13.7. The molecule has 1 aliphatic heterocycles. The van der Waals surface area contributed by atoms with Gasteiger partial charge in [-0.1, -0.05) is 13.8 Å². The van der Waals surface area contributed by atoms with Crippen molar-refractivity contribution in [2.45, 2.75) is 33.1 Å². The predicted octanol–water partition coefficient (Wildman–Crippen LogP) is 0.808. The molecule has 1 saturated heterocycles. The summed E-state index contributed by atoms with van der Waals surface area (Å²) in [5.41, 5.74) is 0. The molecular weight excluding hydrogens is 148 g/mol. The summed E-state index contributed by atoms with van der Waals surface area (Å²) in [6, 6.07) is 0. The van der Waals surface area contributed by atoms with Crippen molar-refractivity contribution in [3.8, 4) is 0 Å². The Hall–Kier alpha value is -0.550. The lowest BCUT2D eigenvalue weighted by atomic mass is 10.0. The molecule has 2 nitrogen and oxygen atoms in total. The summed E-state index contributed by atoms with van der Waals surface area (Å²) < 4.78 is 0. The lowest BCUT2D eigenvalue weighted by Gasteiger charge is -2.27. The van der Waals surface area contributed by atoms with E-state index in [9.17, 15) is 0 Å². The Balaban J connectivity index is 0.000000561. The summed E-state index contributed by atoms with van der Waals surface area (Å²) >= 11 is 0. The lowest BCUT2D eigenvalue weighted by molar-refractivity contribution is -0.908. The van der Waals surface area contributed by atoms with Crippen LogP contribution in [-0.2, 0) is 0 Å². The van der Waals surface area contributed by atoms with Gasteiger partial charge in [0.2, 0.25) is 0 Å². The van der Waals surface area contributed by atoms with Gasteiger partial charge in [-0.3, -0.25) is 0 Å². The second kappa shape index (κ2) is 7.12. The van der Waals surface area contributed by atoms with Crippen molar-refractivity contribution in [2.75, 3.05) is 19.6 Å². The van der Waals surface area contributed by atoms with Crippen molar-refractivity contribution in [1.82, 2.24) is 0 Å². The van der Waals surface area contributed by atoms with E-state index >= 15 is 0 Å². The zero-order valence-corrected chi connectivity index (χ0v) is 8.27. The molecule has 0 aromatic carbocycles. The number of likely N-dealkylation sites (tertiary alicyclic amines) is 1. The SMILES string of the molecule is CCC[NH+]1CCCC(C)C1.[C-]#N. The van der Waals surface area contributed by atoms with E-state index in [1.807, 2.05) is 4.90 Å². The number of nitrogens with one attached hydrogen (secondary N) is 1. The molecule has 0 aromatic heterocycles. The van der Waals surface area contributed by atoms with E-state index in [1.165, 1.54) is 38.9 Å². The van der Waals surface area contributed by atoms with Gasteiger partial charge in [0.05, 0.1) is 19.6 Å². The first-order chi connectivity index (χ1) is 5.83. The number of quaternary nitrogens is 1. The van der Waals surface area contributed by atoms with E-state index in [1.54, 1.807) is 0 Å². The topological polar surface area (TPSA) is 28.2 Å². The number of nitrogens with zero attached hydrogens (tertiary/aromatic N) is 1. The fraction of sp³-hybridized carbons (Fsp3) is 0.900. The zero-order chi connectivity index (χ0) is 9.40. The molecule has 0 amide bonds. The van der Waals surface area contributed by atoms with Crippen LogP contribution >= 0.6 is 0 Å². The van der Waals surface area contributed by atoms with Gasteiger partial charge in [-0.15, -0.1) is 0 Å². The van der Waals surface area contributed by atoms with Crippen molar-refractivity contribution < 1.29 is 4.90 Å². The van der Waals surface area contributed by atoms with Crippen LogP contribution in [-0.4, -0.2) is 19.6 Å². The first kappa shape index (κ1) is 11.4. The van der Waals surface area contributed by atoms with E-state index in [2.05, 4.69) is 13.8 Å². The molecule has 0 bridgehead atoms. The van der Waals surface area contributed by atoms with Crippen molar-refractivity contribution in [1.29, 1.82) is 5.26 Å². The van der Waals surface area contributed by atoms with Crippen molar-refractivity contribution in [3.63, 3.8) is 0 Å². The third-order valence-corrected chi connectivity index (χ3v) is 2.47. The summed E-state index contributed by atoms with van der Waals surface area (Å²) in [5, 5.41) is 6.25. The molecule has 0 spiro atoms. The minimum Gasteiger partial charge on any atom is -0.512 e. The summed E-state index contributed by atoms with van der Waals surface area (Å²) in [5.74, 6) is 0.982. The molecule has 2 heteroatoms. The first-order valence-corrected chi connectivity index (χ1v) is 4.89. The molecule has 1 rings (SSSR count).